The number of imidazole rings is 1. The number of hydrogen-bond donors (Lipinski definition) is 1. The van der Waals surface area contributed by atoms with Crippen molar-refractivity contribution in [2.45, 2.75) is 71.4 Å². The average molecular weight is 505 g/mol. The monoisotopic (exact) mass is 504 g/mol. The lowest BCUT2D eigenvalue weighted by Gasteiger charge is -2.21. The number of tetrazole rings is 1. The second-order valence-electron chi connectivity index (χ2n) is 9.79. The van der Waals surface area contributed by atoms with Gasteiger partial charge < -0.3 is 0 Å². The van der Waals surface area contributed by atoms with E-state index in [-0.39, 0.29) is 5.69 Å². The smallest absolute Gasteiger partial charge is 0.290 e. The lowest BCUT2D eigenvalue weighted by molar-refractivity contribution is 0.322. The lowest BCUT2D eigenvalue weighted by Crippen LogP contribution is -2.26. The number of halogens is 1. The average Bonchev–Trinajstić information content (AvgIpc) is 3.53. The van der Waals surface area contributed by atoms with E-state index in [1.807, 2.05) is 22.8 Å². The van der Waals surface area contributed by atoms with E-state index in [9.17, 15) is 4.79 Å². The molecule has 1 aliphatic rings. The van der Waals surface area contributed by atoms with Gasteiger partial charge in [-0.1, -0.05) is 106 Å². The van der Waals surface area contributed by atoms with Crippen molar-refractivity contribution in [3.8, 4) is 22.5 Å². The van der Waals surface area contributed by atoms with E-state index in [4.69, 9.17) is 11.6 Å². The molecule has 1 aliphatic carbocycles. The fourth-order valence-corrected chi connectivity index (χ4v) is 5.77. The van der Waals surface area contributed by atoms with Gasteiger partial charge in [-0.05, 0) is 45.9 Å². The molecule has 1 N–H and O–H groups in total. The first-order chi connectivity index (χ1) is 17.7. The molecule has 4 aromatic rings. The Morgan fingerprint density at radius 3 is 2.44 bits per heavy atom. The molecule has 2 aromatic carbocycles. The molecule has 0 radical (unpaired) electrons. The minimum absolute atomic E-state index is 0.00602. The Morgan fingerprint density at radius 1 is 1.00 bits per heavy atom. The van der Waals surface area contributed by atoms with Crippen LogP contribution >= 0.6 is 11.6 Å². The number of benzene rings is 2. The maximum absolute atomic E-state index is 13.4. The van der Waals surface area contributed by atoms with Crippen LogP contribution in [0.4, 0.5) is 0 Å². The minimum atomic E-state index is 0.00602. The lowest BCUT2D eigenvalue weighted by atomic mass is 9.87. The maximum atomic E-state index is 13.4. The first-order valence-electron chi connectivity index (χ1n) is 13.1. The molecular weight excluding hydrogens is 472 g/mol. The van der Waals surface area contributed by atoms with E-state index in [0.29, 0.717) is 30.0 Å². The zero-order valence-corrected chi connectivity index (χ0v) is 21.5. The highest BCUT2D eigenvalue weighted by Crippen LogP contribution is 2.30. The maximum Gasteiger partial charge on any atom is 0.329 e. The van der Waals surface area contributed by atoms with Gasteiger partial charge in [0.1, 0.15) is 5.15 Å². The van der Waals surface area contributed by atoms with Gasteiger partial charge in [-0.2, -0.15) is 0 Å². The summed E-state index contributed by atoms with van der Waals surface area (Å²) in [6.07, 6.45) is 9.28. The molecule has 5 rings (SSSR count). The molecule has 36 heavy (non-hydrogen) atoms. The third-order valence-corrected chi connectivity index (χ3v) is 7.79. The summed E-state index contributed by atoms with van der Waals surface area (Å²) in [6, 6.07) is 16.4. The Labute approximate surface area is 216 Å². The largest absolute Gasteiger partial charge is 0.329 e. The van der Waals surface area contributed by atoms with Gasteiger partial charge in [0.15, 0.2) is 5.82 Å². The van der Waals surface area contributed by atoms with E-state index in [0.717, 1.165) is 47.2 Å². The molecule has 188 valence electrons. The van der Waals surface area contributed by atoms with Crippen molar-refractivity contribution in [2.75, 3.05) is 0 Å². The van der Waals surface area contributed by atoms with Crippen LogP contribution in [-0.4, -0.2) is 29.8 Å². The van der Waals surface area contributed by atoms with Crippen molar-refractivity contribution in [3.63, 3.8) is 0 Å². The summed E-state index contributed by atoms with van der Waals surface area (Å²) in [5.41, 5.74) is 5.07. The predicted octanol–water partition coefficient (Wildman–Crippen LogP) is 6.12. The molecule has 0 spiro atoms. The van der Waals surface area contributed by atoms with Crippen LogP contribution in [0.1, 0.15) is 63.1 Å². The normalized spacial score (nSPS) is 14.4. The molecule has 1 fully saturated rings. The van der Waals surface area contributed by atoms with Gasteiger partial charge in [-0.25, -0.2) is 9.89 Å². The van der Waals surface area contributed by atoms with E-state index in [1.165, 1.54) is 32.1 Å². The van der Waals surface area contributed by atoms with Gasteiger partial charge in [-0.3, -0.25) is 9.13 Å². The highest BCUT2D eigenvalue weighted by Gasteiger charge is 2.20. The number of nitrogens with zero attached hydrogens (tertiary/aromatic N) is 5. The van der Waals surface area contributed by atoms with Crippen LogP contribution in [0.2, 0.25) is 5.15 Å². The van der Waals surface area contributed by atoms with Gasteiger partial charge in [0.2, 0.25) is 0 Å². The standard InChI is InChI=1S/C28H33ClN6O/c1-2-8-25-26(29)34(18-17-20-9-4-3-5-10-20)28(36)35(25)19-21-13-15-22(16-14-21)23-11-6-7-12-24(23)27-30-32-33-31-27/h6-7,11-16,20H,2-5,8-10,17-19H2,1H3,(H,30,31,32,33). The fourth-order valence-electron chi connectivity index (χ4n) is 5.42. The van der Waals surface area contributed by atoms with Crippen LogP contribution in [0, 0.1) is 5.92 Å². The SMILES string of the molecule is CCCc1c(Cl)n(CCC2CCCCC2)c(=O)n1Cc1ccc(-c2ccccc2-c2nnn[nH]2)cc1. The number of nitrogens with one attached hydrogen (secondary N) is 1. The first kappa shape index (κ1) is 24.5. The van der Waals surface area contributed by atoms with E-state index in [2.05, 4.69) is 57.9 Å². The van der Waals surface area contributed by atoms with Gasteiger partial charge >= 0.3 is 5.69 Å². The minimum Gasteiger partial charge on any atom is -0.290 e. The molecule has 0 amide bonds. The molecule has 7 nitrogen and oxygen atoms in total. The van der Waals surface area contributed by atoms with Gasteiger partial charge in [0, 0.05) is 12.1 Å². The summed E-state index contributed by atoms with van der Waals surface area (Å²) in [5.74, 6) is 1.34. The number of aromatic amines is 1. The van der Waals surface area contributed by atoms with Crippen molar-refractivity contribution in [3.05, 3.63) is 75.4 Å². The fraction of sp³-hybridized carbons (Fsp3) is 0.429. The second-order valence-corrected chi connectivity index (χ2v) is 10.2. The van der Waals surface area contributed by atoms with Crippen LogP contribution in [0.25, 0.3) is 22.5 Å². The molecule has 2 aromatic heterocycles. The van der Waals surface area contributed by atoms with Crippen LogP contribution in [0.3, 0.4) is 0 Å². The summed E-state index contributed by atoms with van der Waals surface area (Å²) < 4.78 is 3.67. The summed E-state index contributed by atoms with van der Waals surface area (Å²) in [7, 11) is 0. The number of H-pyrrole nitrogens is 1. The van der Waals surface area contributed by atoms with Crippen molar-refractivity contribution >= 4 is 11.6 Å². The Morgan fingerprint density at radius 2 is 1.75 bits per heavy atom. The summed E-state index contributed by atoms with van der Waals surface area (Å²) in [6.45, 7) is 3.34. The van der Waals surface area contributed by atoms with Gasteiger partial charge in [-0.15, -0.1) is 5.10 Å². The van der Waals surface area contributed by atoms with E-state index < -0.39 is 0 Å². The second kappa shape index (κ2) is 11.2. The Kier molecular flexibility index (Phi) is 7.66. The van der Waals surface area contributed by atoms with Crippen LogP contribution in [0.5, 0.6) is 0 Å². The zero-order valence-electron chi connectivity index (χ0n) is 20.8. The number of rotatable bonds is 9. The first-order valence-corrected chi connectivity index (χ1v) is 13.4. The molecule has 1 saturated carbocycles. The molecule has 2 heterocycles. The quantitative estimate of drug-likeness (QED) is 0.297. The highest BCUT2D eigenvalue weighted by atomic mass is 35.5. The van der Waals surface area contributed by atoms with Crippen LogP contribution < -0.4 is 5.69 Å². The molecule has 0 unspecified atom stereocenters. The number of aromatic nitrogens is 6. The summed E-state index contributed by atoms with van der Waals surface area (Å²) in [4.78, 5) is 13.4. The topological polar surface area (TPSA) is 81.4 Å². The molecule has 0 atom stereocenters. The molecular formula is C28H33ClN6O. The van der Waals surface area contributed by atoms with Crippen molar-refractivity contribution in [1.82, 2.24) is 29.8 Å². The van der Waals surface area contributed by atoms with Gasteiger partial charge in [0.25, 0.3) is 0 Å². The summed E-state index contributed by atoms with van der Waals surface area (Å²) >= 11 is 6.79. The number of hydrogen-bond acceptors (Lipinski definition) is 4. The van der Waals surface area contributed by atoms with Gasteiger partial charge in [0.05, 0.1) is 12.2 Å². The Bertz CT molecular complexity index is 1330. The molecule has 0 saturated heterocycles. The van der Waals surface area contributed by atoms with Crippen molar-refractivity contribution in [2.24, 2.45) is 5.92 Å². The molecule has 0 bridgehead atoms. The van der Waals surface area contributed by atoms with E-state index in [1.54, 1.807) is 4.57 Å². The highest BCUT2D eigenvalue weighted by molar-refractivity contribution is 6.30. The third kappa shape index (κ3) is 5.16. The zero-order chi connectivity index (χ0) is 24.9. The van der Waals surface area contributed by atoms with Crippen molar-refractivity contribution in [1.29, 1.82) is 0 Å². The third-order valence-electron chi connectivity index (χ3n) is 7.37. The predicted molar refractivity (Wildman–Crippen MR) is 143 cm³/mol. The van der Waals surface area contributed by atoms with Crippen LogP contribution in [-0.2, 0) is 19.5 Å². The summed E-state index contributed by atoms with van der Waals surface area (Å²) in [5, 5.41) is 14.9. The van der Waals surface area contributed by atoms with Crippen molar-refractivity contribution < 1.29 is 0 Å². The Balaban J connectivity index is 1.38. The van der Waals surface area contributed by atoms with Crippen LogP contribution in [0.15, 0.2) is 53.3 Å². The van der Waals surface area contributed by atoms with E-state index >= 15 is 0 Å². The molecule has 8 heteroatoms. The Hall–Kier alpha value is -3.19. The molecule has 0 aliphatic heterocycles.